The summed E-state index contributed by atoms with van der Waals surface area (Å²) in [4.78, 5) is 12.2. The largest absolute Gasteiger partial charge is 0.457 e. The normalized spacial score (nSPS) is 11.9. The molecule has 0 radical (unpaired) electrons. The maximum Gasteiger partial charge on any atom is 0.317 e. The van der Waals surface area contributed by atoms with E-state index in [1.165, 1.54) is 24.4 Å². The van der Waals surface area contributed by atoms with E-state index in [1.807, 2.05) is 0 Å². The summed E-state index contributed by atoms with van der Waals surface area (Å²) in [6, 6.07) is 5.97. The van der Waals surface area contributed by atoms with Crippen molar-refractivity contribution in [1.29, 1.82) is 0 Å². The van der Waals surface area contributed by atoms with E-state index in [0.717, 1.165) is 0 Å². The first kappa shape index (κ1) is 17.8. The molecule has 0 saturated carbocycles. The van der Waals surface area contributed by atoms with Gasteiger partial charge in [-0.25, -0.2) is 9.37 Å². The molecule has 126 valence electrons. The molecule has 0 bridgehead atoms. The summed E-state index contributed by atoms with van der Waals surface area (Å²) in [7, 11) is 1.57. The fourth-order valence-corrected chi connectivity index (χ4v) is 1.81. The lowest BCUT2D eigenvalue weighted by molar-refractivity contribution is 0.180. The Labute approximate surface area is 143 Å². The number of ether oxygens (including phenoxy) is 2. The van der Waals surface area contributed by atoms with Gasteiger partial charge in [0, 0.05) is 13.3 Å². The summed E-state index contributed by atoms with van der Waals surface area (Å²) >= 11 is 5.69. The van der Waals surface area contributed by atoms with Crippen LogP contribution in [-0.4, -0.2) is 35.6 Å². The molecule has 0 aliphatic carbocycles. The second-order valence-electron chi connectivity index (χ2n) is 4.53. The minimum Gasteiger partial charge on any atom is -0.457 e. The Hall–Kier alpha value is -2.58. The highest BCUT2D eigenvalue weighted by Gasteiger charge is 2.04. The smallest absolute Gasteiger partial charge is 0.317 e. The molecule has 9 heteroatoms. The molecule has 0 atom stereocenters. The van der Waals surface area contributed by atoms with Crippen LogP contribution in [0.3, 0.4) is 0 Å². The van der Waals surface area contributed by atoms with Gasteiger partial charge in [-0.2, -0.15) is 10.1 Å². The number of hydrogen-bond donors (Lipinski definition) is 1. The van der Waals surface area contributed by atoms with Crippen molar-refractivity contribution in [2.45, 2.75) is 6.61 Å². The Bertz CT molecular complexity index is 754. The van der Waals surface area contributed by atoms with Crippen LogP contribution in [0.5, 0.6) is 6.01 Å². The van der Waals surface area contributed by atoms with E-state index in [4.69, 9.17) is 26.9 Å². The number of aromatic nitrogens is 2. The molecule has 24 heavy (non-hydrogen) atoms. The number of benzene rings is 1. The first-order valence-corrected chi connectivity index (χ1v) is 7.19. The van der Waals surface area contributed by atoms with Gasteiger partial charge in [-0.1, -0.05) is 11.6 Å². The van der Waals surface area contributed by atoms with Crippen LogP contribution in [0.25, 0.3) is 0 Å². The molecule has 1 aromatic carbocycles. The third kappa shape index (κ3) is 5.25. The quantitative estimate of drug-likeness (QED) is 0.470. The van der Waals surface area contributed by atoms with Crippen LogP contribution in [0.4, 0.5) is 10.1 Å². The molecule has 0 spiro atoms. The van der Waals surface area contributed by atoms with Gasteiger partial charge in [0.1, 0.15) is 18.1 Å². The van der Waals surface area contributed by atoms with E-state index < -0.39 is 5.82 Å². The van der Waals surface area contributed by atoms with Crippen LogP contribution in [-0.2, 0) is 11.3 Å². The minimum atomic E-state index is -0.514. The number of hydrazone groups is 1. The van der Waals surface area contributed by atoms with Crippen molar-refractivity contribution >= 4 is 29.2 Å². The van der Waals surface area contributed by atoms with E-state index in [9.17, 15) is 4.39 Å². The zero-order valence-electron chi connectivity index (χ0n) is 12.8. The summed E-state index contributed by atoms with van der Waals surface area (Å²) in [5.41, 5.74) is 1.49. The maximum absolute atomic E-state index is 13.1. The highest BCUT2D eigenvalue weighted by molar-refractivity contribution is 6.32. The highest BCUT2D eigenvalue weighted by Crippen LogP contribution is 2.21. The number of halogens is 2. The van der Waals surface area contributed by atoms with E-state index in [1.54, 1.807) is 19.4 Å². The molecule has 1 heterocycles. The number of methoxy groups -OCH3 is 1. The molecule has 2 rings (SSSR count). The summed E-state index contributed by atoms with van der Waals surface area (Å²) in [5, 5.41) is 3.55. The Kier molecular flexibility index (Phi) is 6.59. The van der Waals surface area contributed by atoms with Crippen molar-refractivity contribution in [3.8, 4) is 6.01 Å². The molecule has 0 fully saturated rings. The number of nitrogens with two attached hydrogens (primary N) is 1. The summed E-state index contributed by atoms with van der Waals surface area (Å²) < 4.78 is 23.5. The van der Waals surface area contributed by atoms with Crippen molar-refractivity contribution in [1.82, 2.24) is 9.97 Å². The second-order valence-corrected chi connectivity index (χ2v) is 4.94. The van der Waals surface area contributed by atoms with Gasteiger partial charge in [0.2, 0.25) is 0 Å². The highest BCUT2D eigenvalue weighted by atomic mass is 35.5. The van der Waals surface area contributed by atoms with Crippen LogP contribution in [0, 0.1) is 5.82 Å². The maximum atomic E-state index is 13.1. The number of hydrogen-bond acceptors (Lipinski definition) is 7. The van der Waals surface area contributed by atoms with E-state index in [-0.39, 0.29) is 17.6 Å². The standard InChI is InChI=1S/C15H15ClFN5O2/c1-23-8-11-4-5-19-15(21-11)24-9-12(22-18)7-20-10-2-3-14(17)13(16)6-10/h2-7H,8-9,18H2,1H3. The van der Waals surface area contributed by atoms with Crippen LogP contribution >= 0.6 is 11.6 Å². The van der Waals surface area contributed by atoms with E-state index in [2.05, 4.69) is 20.1 Å². The molecule has 2 N–H and O–H groups in total. The predicted molar refractivity (Wildman–Crippen MR) is 89.4 cm³/mol. The Morgan fingerprint density at radius 1 is 1.42 bits per heavy atom. The average molecular weight is 352 g/mol. The zero-order valence-corrected chi connectivity index (χ0v) is 13.6. The van der Waals surface area contributed by atoms with Gasteiger partial charge in [-0.3, -0.25) is 4.99 Å². The van der Waals surface area contributed by atoms with Gasteiger partial charge in [0.05, 0.1) is 29.2 Å². The molecular formula is C15H15ClFN5O2. The minimum absolute atomic E-state index is 0.0181. The van der Waals surface area contributed by atoms with Crippen LogP contribution in [0.2, 0.25) is 5.02 Å². The van der Waals surface area contributed by atoms with E-state index in [0.29, 0.717) is 23.7 Å². The first-order chi connectivity index (χ1) is 11.6. The predicted octanol–water partition coefficient (Wildman–Crippen LogP) is 2.51. The van der Waals surface area contributed by atoms with Gasteiger partial charge in [0.15, 0.2) is 0 Å². The first-order valence-electron chi connectivity index (χ1n) is 6.82. The Balaban J connectivity index is 1.98. The van der Waals surface area contributed by atoms with Crippen LogP contribution in [0.15, 0.2) is 40.6 Å². The monoisotopic (exact) mass is 351 g/mol. The zero-order chi connectivity index (χ0) is 17.4. The summed E-state index contributed by atoms with van der Waals surface area (Å²) in [6.07, 6.45) is 2.95. The van der Waals surface area contributed by atoms with Crippen molar-refractivity contribution < 1.29 is 13.9 Å². The van der Waals surface area contributed by atoms with Gasteiger partial charge in [0.25, 0.3) is 0 Å². The van der Waals surface area contributed by atoms with Gasteiger partial charge < -0.3 is 15.3 Å². The van der Waals surface area contributed by atoms with Gasteiger partial charge in [-0.05, 0) is 24.3 Å². The average Bonchev–Trinajstić information content (AvgIpc) is 2.59. The molecule has 1 aromatic heterocycles. The molecule has 0 saturated heterocycles. The molecular weight excluding hydrogens is 337 g/mol. The Morgan fingerprint density at radius 3 is 2.96 bits per heavy atom. The topological polar surface area (TPSA) is 95.0 Å². The van der Waals surface area contributed by atoms with Gasteiger partial charge in [-0.15, -0.1) is 0 Å². The number of aliphatic imine (C=N–C) groups is 1. The van der Waals surface area contributed by atoms with Crippen molar-refractivity contribution in [3.63, 3.8) is 0 Å². The molecule has 2 aromatic rings. The fourth-order valence-electron chi connectivity index (χ4n) is 1.63. The molecule has 7 nitrogen and oxygen atoms in total. The molecule has 0 unspecified atom stereocenters. The van der Waals surface area contributed by atoms with Crippen LogP contribution < -0.4 is 10.6 Å². The molecule has 0 aliphatic rings. The number of rotatable bonds is 7. The summed E-state index contributed by atoms with van der Waals surface area (Å²) in [5.74, 6) is 4.79. The lowest BCUT2D eigenvalue weighted by Crippen LogP contribution is -2.16. The lowest BCUT2D eigenvalue weighted by Gasteiger charge is -2.05. The second kappa shape index (κ2) is 8.90. The molecule has 0 amide bonds. The van der Waals surface area contributed by atoms with Gasteiger partial charge >= 0.3 is 6.01 Å². The SMILES string of the molecule is COCc1ccnc(OCC(C=Nc2ccc(F)c(Cl)c2)=NN)n1. The third-order valence-corrected chi connectivity index (χ3v) is 3.05. The third-order valence-electron chi connectivity index (χ3n) is 2.76. The fraction of sp³-hybridized carbons (Fsp3) is 0.200. The van der Waals surface area contributed by atoms with Crippen molar-refractivity contribution in [3.05, 3.63) is 47.0 Å². The lowest BCUT2D eigenvalue weighted by atomic mass is 10.3. The Morgan fingerprint density at radius 2 is 2.25 bits per heavy atom. The summed E-state index contributed by atoms with van der Waals surface area (Å²) in [6.45, 7) is 0.370. The van der Waals surface area contributed by atoms with Crippen molar-refractivity contribution in [2.75, 3.05) is 13.7 Å². The number of nitrogens with zero attached hydrogens (tertiary/aromatic N) is 4. The van der Waals surface area contributed by atoms with E-state index >= 15 is 0 Å². The van der Waals surface area contributed by atoms with Crippen molar-refractivity contribution in [2.24, 2.45) is 15.9 Å². The molecule has 0 aliphatic heterocycles. The van der Waals surface area contributed by atoms with Crippen LogP contribution in [0.1, 0.15) is 5.69 Å².